The third-order valence-electron chi connectivity index (χ3n) is 14.0. The van der Waals surface area contributed by atoms with E-state index in [0.29, 0.717) is 0 Å². The number of H-pyrrole nitrogens is 1. The Labute approximate surface area is 303 Å². The Morgan fingerprint density at radius 2 is 1.15 bits per heavy atom. The summed E-state index contributed by atoms with van der Waals surface area (Å²) in [5.41, 5.74) is 17.8. The van der Waals surface area contributed by atoms with Crippen molar-refractivity contribution in [1.82, 2.24) is 18.7 Å². The van der Waals surface area contributed by atoms with Crippen LogP contribution in [0.15, 0.2) is 134 Å². The number of aromatic amines is 1. The molecule has 244 valence electrons. The highest BCUT2D eigenvalue weighted by molar-refractivity contribution is 6.20. The fourth-order valence-electron chi connectivity index (χ4n) is 12.2. The molecule has 4 aromatic carbocycles. The molecule has 54 heavy (non-hydrogen) atoms. The van der Waals surface area contributed by atoms with Gasteiger partial charge in [-0.3, -0.25) is 0 Å². The number of nitrogens with one attached hydrogen (secondary N) is 1. The maximum absolute atomic E-state index is 3.53. The first-order valence-corrected chi connectivity index (χ1v) is 18.8. The zero-order valence-corrected chi connectivity index (χ0v) is 28.4. The molecule has 5 aliphatic heterocycles. The van der Waals surface area contributed by atoms with Gasteiger partial charge in [0.15, 0.2) is 6.20 Å². The Morgan fingerprint density at radius 3 is 1.96 bits per heavy atom. The molecule has 2 atom stereocenters. The summed E-state index contributed by atoms with van der Waals surface area (Å²) in [7, 11) is 0. The molecule has 1 N–H and O–H groups in total. The van der Waals surface area contributed by atoms with Crippen molar-refractivity contribution < 1.29 is 18.3 Å². The summed E-state index contributed by atoms with van der Waals surface area (Å²) in [6, 6.07) is 39.5. The SMILES string of the molecule is c1cc2ccc3ccc4[n+]5c3c2[n+](c1)C5n1ccc2c3c5c(ccn5C56n7ccc8cc9[nH]ccc9c(c87)-c7ccc8ccc9ccc-3[n+]5c9c8[n+]76)c-4c21. The standard InChI is InChI=1S/C46H23N8/c1-2-23-3-4-24-7-10-32-36-30-16-21-51-44(30)37(29-15-19-49(43(29)36)45-48(18-1)39(23)40(24)52(32)45)34-12-9-26-6-5-25-8-11-33-35-28-13-17-47-31(28)22-27-14-20-50(38(27)35)46(51)53(33)41(25)42(26)54(34)46/h1-22,45H/q+3/p+1. The number of fused-ring (bicyclic) bond motifs is 9. The largest absolute Gasteiger partial charge is 0.553 e. The van der Waals surface area contributed by atoms with E-state index in [1.807, 2.05) is 0 Å². The summed E-state index contributed by atoms with van der Waals surface area (Å²) in [5.74, 6) is -0.743. The fraction of sp³-hybridized carbons (Fsp3) is 0.0435. The summed E-state index contributed by atoms with van der Waals surface area (Å²) >= 11 is 0. The molecule has 13 heterocycles. The molecule has 0 amide bonds. The van der Waals surface area contributed by atoms with Gasteiger partial charge in [-0.25, -0.2) is 13.7 Å². The van der Waals surface area contributed by atoms with Crippen LogP contribution in [0, 0.1) is 0 Å². The second-order valence-electron chi connectivity index (χ2n) is 15.9. The van der Waals surface area contributed by atoms with Crippen molar-refractivity contribution in [2.24, 2.45) is 0 Å². The van der Waals surface area contributed by atoms with Crippen molar-refractivity contribution in [3.05, 3.63) is 134 Å². The minimum atomic E-state index is -0.743. The van der Waals surface area contributed by atoms with Crippen LogP contribution < -0.4 is 18.3 Å². The lowest BCUT2D eigenvalue weighted by atomic mass is 9.93. The monoisotopic (exact) mass is 688 g/mol. The van der Waals surface area contributed by atoms with E-state index in [-0.39, 0.29) is 6.29 Å². The maximum atomic E-state index is 3.53. The van der Waals surface area contributed by atoms with Crippen molar-refractivity contribution in [1.29, 1.82) is 0 Å². The number of nitrogens with zero attached hydrogens (tertiary/aromatic N) is 7. The van der Waals surface area contributed by atoms with E-state index in [4.69, 9.17) is 0 Å². The molecule has 8 aromatic heterocycles. The summed E-state index contributed by atoms with van der Waals surface area (Å²) in [6.45, 7) is 0. The van der Waals surface area contributed by atoms with Crippen LogP contribution >= 0.6 is 0 Å². The fourth-order valence-corrected chi connectivity index (χ4v) is 12.2. The van der Waals surface area contributed by atoms with E-state index >= 15 is 0 Å². The number of hydrogen-bond acceptors (Lipinski definition) is 0. The topological polar surface area (TPSA) is 46.1 Å². The maximum Gasteiger partial charge on any atom is 0.553 e. The normalized spacial score (nSPS) is 18.6. The Morgan fingerprint density at radius 1 is 0.519 bits per heavy atom. The first kappa shape index (κ1) is 24.8. The number of rotatable bonds is 0. The molecule has 17 rings (SSSR count). The molecule has 12 aromatic rings. The Bertz CT molecular complexity index is 3980. The van der Waals surface area contributed by atoms with Crippen LogP contribution in [0.3, 0.4) is 0 Å². The van der Waals surface area contributed by atoms with Crippen molar-refractivity contribution in [3.8, 4) is 33.8 Å². The molecule has 0 aliphatic carbocycles. The van der Waals surface area contributed by atoms with Crippen LogP contribution in [-0.2, 0) is 5.91 Å². The van der Waals surface area contributed by atoms with E-state index in [9.17, 15) is 0 Å². The predicted molar refractivity (Wildman–Crippen MR) is 206 cm³/mol. The van der Waals surface area contributed by atoms with Crippen molar-refractivity contribution in [2.75, 3.05) is 0 Å². The minimum Gasteiger partial charge on any atom is -0.361 e. The molecule has 0 bridgehead atoms. The van der Waals surface area contributed by atoms with Crippen LogP contribution in [0.4, 0.5) is 0 Å². The first-order chi connectivity index (χ1) is 26.8. The molecule has 8 nitrogen and oxygen atoms in total. The van der Waals surface area contributed by atoms with Gasteiger partial charge in [0.05, 0.1) is 54.8 Å². The highest BCUT2D eigenvalue weighted by atomic mass is 15.6. The summed E-state index contributed by atoms with van der Waals surface area (Å²) in [4.78, 5) is 3.53. The summed E-state index contributed by atoms with van der Waals surface area (Å²) in [5, 5.41) is 10.1. The van der Waals surface area contributed by atoms with E-state index in [2.05, 4.69) is 171 Å². The lowest BCUT2D eigenvalue weighted by Crippen LogP contribution is -2.80. The molecule has 2 unspecified atom stereocenters. The second-order valence-corrected chi connectivity index (χ2v) is 15.9. The quantitative estimate of drug-likeness (QED) is 0.130. The Kier molecular flexibility index (Phi) is 3.36. The van der Waals surface area contributed by atoms with E-state index in [1.54, 1.807) is 0 Å². The lowest BCUT2D eigenvalue weighted by Gasteiger charge is -2.32. The Hall–Kier alpha value is -7.32. The van der Waals surface area contributed by atoms with Gasteiger partial charge in [0.1, 0.15) is 0 Å². The van der Waals surface area contributed by atoms with Gasteiger partial charge in [-0.2, -0.15) is 0 Å². The third kappa shape index (κ3) is 2.12. The average Bonchev–Trinajstić information content (AvgIpc) is 4.07. The molecular formula is C46H24N8+4. The Balaban J connectivity index is 1.13. The smallest absolute Gasteiger partial charge is 0.361 e. The van der Waals surface area contributed by atoms with E-state index < -0.39 is 5.91 Å². The van der Waals surface area contributed by atoms with Gasteiger partial charge in [-0.05, 0) is 78.9 Å². The molecular weight excluding hydrogens is 665 g/mol. The van der Waals surface area contributed by atoms with Crippen molar-refractivity contribution >= 4 is 87.2 Å². The molecule has 0 radical (unpaired) electrons. The highest BCUT2D eigenvalue weighted by Crippen LogP contribution is 2.53. The number of benzene rings is 4. The first-order valence-electron chi connectivity index (χ1n) is 18.8. The average molecular weight is 689 g/mol. The zero-order chi connectivity index (χ0) is 34.1. The van der Waals surface area contributed by atoms with Gasteiger partial charge in [0, 0.05) is 76.1 Å². The molecule has 1 spiro atoms. The molecule has 5 aliphatic rings. The van der Waals surface area contributed by atoms with Crippen LogP contribution in [0.2, 0.25) is 0 Å². The minimum absolute atomic E-state index is 0.00820. The summed E-state index contributed by atoms with van der Waals surface area (Å²) < 4.78 is 18.1. The second kappa shape index (κ2) is 7.31. The number of pyridine rings is 4. The van der Waals surface area contributed by atoms with Gasteiger partial charge >= 0.3 is 12.2 Å². The van der Waals surface area contributed by atoms with Crippen molar-refractivity contribution in [3.63, 3.8) is 0 Å². The van der Waals surface area contributed by atoms with Crippen molar-refractivity contribution in [2.45, 2.75) is 12.2 Å². The summed E-state index contributed by atoms with van der Waals surface area (Å²) in [6.07, 6.45) is 11.4. The van der Waals surface area contributed by atoms with Gasteiger partial charge < -0.3 is 4.98 Å². The van der Waals surface area contributed by atoms with Gasteiger partial charge in [-0.1, -0.05) is 9.13 Å². The molecule has 0 saturated carbocycles. The highest BCUT2D eigenvalue weighted by Gasteiger charge is 2.69. The van der Waals surface area contributed by atoms with Crippen LogP contribution in [0.1, 0.15) is 6.29 Å². The van der Waals surface area contributed by atoms with E-state index in [0.717, 1.165) is 0 Å². The van der Waals surface area contributed by atoms with Gasteiger partial charge in [-0.15, -0.1) is 9.13 Å². The zero-order valence-electron chi connectivity index (χ0n) is 28.4. The molecule has 0 saturated heterocycles. The number of aromatic nitrogens is 8. The van der Waals surface area contributed by atoms with Crippen LogP contribution in [-0.4, -0.2) is 18.7 Å². The van der Waals surface area contributed by atoms with Gasteiger partial charge in [0.25, 0.3) is 22.1 Å². The number of hydrogen-bond donors (Lipinski definition) is 1. The third-order valence-corrected chi connectivity index (χ3v) is 14.0. The molecule has 0 fully saturated rings. The van der Waals surface area contributed by atoms with Crippen LogP contribution in [0.5, 0.6) is 0 Å². The predicted octanol–water partition coefficient (Wildman–Crippen LogP) is 7.13. The van der Waals surface area contributed by atoms with Gasteiger partial charge in [0.2, 0.25) is 17.1 Å². The lowest BCUT2D eigenvalue weighted by molar-refractivity contribution is -0.964. The van der Waals surface area contributed by atoms with E-state index in [1.165, 1.54) is 121 Å². The molecule has 8 heteroatoms. The van der Waals surface area contributed by atoms with Crippen LogP contribution in [0.25, 0.3) is 121 Å².